The monoisotopic (exact) mass is 405 g/mol. The highest BCUT2D eigenvalue weighted by Gasteiger charge is 2.29. The van der Waals surface area contributed by atoms with Crippen LogP contribution in [0, 0.1) is 5.92 Å². The summed E-state index contributed by atoms with van der Waals surface area (Å²) in [7, 11) is 0. The first-order valence-electron chi connectivity index (χ1n) is 9.27. The Morgan fingerprint density at radius 1 is 0.759 bits per heavy atom. The van der Waals surface area contributed by atoms with E-state index in [-0.39, 0.29) is 23.6 Å². The van der Waals surface area contributed by atoms with Gasteiger partial charge in [-0.25, -0.2) is 0 Å². The van der Waals surface area contributed by atoms with Crippen molar-refractivity contribution in [2.24, 2.45) is 5.92 Å². The predicted molar refractivity (Wildman–Crippen MR) is 114 cm³/mol. The molecule has 1 heterocycles. The van der Waals surface area contributed by atoms with Crippen molar-refractivity contribution in [1.82, 2.24) is 0 Å². The van der Waals surface area contributed by atoms with Gasteiger partial charge in [0, 0.05) is 22.9 Å². The summed E-state index contributed by atoms with van der Waals surface area (Å²) in [5.41, 5.74) is 1.71. The number of carbonyl (C=O) groups excluding carboxylic acids is 3. The number of benzene rings is 2. The third-order valence-electron chi connectivity index (χ3n) is 4.44. The van der Waals surface area contributed by atoms with Crippen LogP contribution in [-0.2, 0) is 4.79 Å². The molecule has 6 nitrogen and oxygen atoms in total. The third kappa shape index (κ3) is 4.89. The van der Waals surface area contributed by atoms with Crippen molar-refractivity contribution in [3.8, 4) is 0 Å². The molecule has 3 N–H and O–H groups in total. The van der Waals surface area contributed by atoms with Crippen LogP contribution in [-0.4, -0.2) is 17.7 Å². The van der Waals surface area contributed by atoms with Gasteiger partial charge in [-0.05, 0) is 55.3 Å². The van der Waals surface area contributed by atoms with E-state index in [0.717, 1.165) is 12.8 Å². The second-order valence-electron chi connectivity index (χ2n) is 6.78. The Morgan fingerprint density at radius 3 is 2.14 bits per heavy atom. The lowest BCUT2D eigenvalue weighted by molar-refractivity contribution is -0.117. The Bertz CT molecular complexity index is 1060. The second kappa shape index (κ2) is 8.28. The quantitative estimate of drug-likeness (QED) is 0.560. The van der Waals surface area contributed by atoms with Crippen LogP contribution < -0.4 is 16.0 Å². The number of carbonyl (C=O) groups is 3. The van der Waals surface area contributed by atoms with E-state index in [1.807, 2.05) is 6.07 Å². The number of anilines is 3. The second-order valence-corrected chi connectivity index (χ2v) is 7.87. The number of nitrogens with one attached hydrogen (secondary N) is 3. The first-order chi connectivity index (χ1) is 14.1. The maximum absolute atomic E-state index is 12.5. The molecule has 3 amide bonds. The molecule has 0 saturated heterocycles. The zero-order chi connectivity index (χ0) is 20.2. The molecule has 0 spiro atoms. The fourth-order valence-electron chi connectivity index (χ4n) is 2.76. The van der Waals surface area contributed by atoms with Gasteiger partial charge in [0.25, 0.3) is 11.8 Å². The average Bonchev–Trinajstić information content (AvgIpc) is 3.48. The Labute approximate surface area is 172 Å². The Morgan fingerprint density at radius 2 is 1.45 bits per heavy atom. The minimum absolute atomic E-state index is 0.0145. The van der Waals surface area contributed by atoms with Crippen molar-refractivity contribution >= 4 is 45.4 Å². The van der Waals surface area contributed by atoms with Crippen molar-refractivity contribution in [1.29, 1.82) is 0 Å². The van der Waals surface area contributed by atoms with Gasteiger partial charge < -0.3 is 16.0 Å². The van der Waals surface area contributed by atoms with Crippen LogP contribution in [0.1, 0.15) is 32.9 Å². The molecule has 1 saturated carbocycles. The molecule has 0 atom stereocenters. The maximum atomic E-state index is 12.5. The molecule has 3 aromatic rings. The van der Waals surface area contributed by atoms with Gasteiger partial charge >= 0.3 is 0 Å². The number of rotatable bonds is 6. The van der Waals surface area contributed by atoms with Crippen LogP contribution in [0.3, 0.4) is 0 Å². The predicted octanol–water partition coefficient (Wildman–Crippen LogP) is 4.60. The van der Waals surface area contributed by atoms with Gasteiger partial charge in [-0.2, -0.15) is 0 Å². The molecular weight excluding hydrogens is 386 g/mol. The smallest absolute Gasteiger partial charge is 0.265 e. The third-order valence-corrected chi connectivity index (χ3v) is 5.44. The molecule has 0 radical (unpaired) electrons. The minimum atomic E-state index is -0.270. The van der Waals surface area contributed by atoms with E-state index in [4.69, 9.17) is 0 Å². The summed E-state index contributed by atoms with van der Waals surface area (Å²) in [6.07, 6.45) is 1.86. The molecule has 146 valence electrons. The highest BCUT2D eigenvalue weighted by atomic mass is 32.1. The van der Waals surface area contributed by atoms with Crippen molar-refractivity contribution in [2.45, 2.75) is 12.8 Å². The molecule has 7 heteroatoms. The lowest BCUT2D eigenvalue weighted by Gasteiger charge is -2.08. The number of amides is 3. The van der Waals surface area contributed by atoms with Crippen LogP contribution in [0.5, 0.6) is 0 Å². The molecule has 1 aliphatic carbocycles. The largest absolute Gasteiger partial charge is 0.322 e. The minimum Gasteiger partial charge on any atom is -0.322 e. The Balaban J connectivity index is 1.38. The number of thiophene rings is 1. The first-order valence-corrected chi connectivity index (χ1v) is 10.1. The first kappa shape index (κ1) is 18.9. The van der Waals surface area contributed by atoms with Crippen LogP contribution >= 0.6 is 11.3 Å². The molecule has 0 aliphatic heterocycles. The summed E-state index contributed by atoms with van der Waals surface area (Å²) < 4.78 is 0. The zero-order valence-corrected chi connectivity index (χ0v) is 16.3. The van der Waals surface area contributed by atoms with Crippen molar-refractivity contribution < 1.29 is 14.4 Å². The van der Waals surface area contributed by atoms with Crippen molar-refractivity contribution in [3.05, 3.63) is 77.2 Å². The lowest BCUT2D eigenvalue weighted by atomic mass is 10.2. The van der Waals surface area contributed by atoms with Gasteiger partial charge in [0.15, 0.2) is 0 Å². The summed E-state index contributed by atoms with van der Waals surface area (Å²) >= 11 is 1.23. The van der Waals surface area contributed by atoms with Gasteiger partial charge in [-0.1, -0.05) is 24.3 Å². The summed E-state index contributed by atoms with van der Waals surface area (Å²) in [6.45, 7) is 0. The standard InChI is InChI=1S/C22H19N3O3S/c26-20(14-5-2-1-3-6-14)23-16-7-4-8-17(13-16)24-22(28)18-11-12-19(29-18)25-21(27)15-9-10-15/h1-8,11-13,15H,9-10H2,(H,23,26)(H,24,28)(H,25,27). The Kier molecular flexibility index (Phi) is 5.39. The van der Waals surface area contributed by atoms with E-state index in [1.54, 1.807) is 60.7 Å². The molecule has 1 aliphatic rings. The van der Waals surface area contributed by atoms with Crippen LogP contribution in [0.4, 0.5) is 16.4 Å². The fraction of sp³-hybridized carbons (Fsp3) is 0.136. The average molecular weight is 405 g/mol. The topological polar surface area (TPSA) is 87.3 Å². The summed E-state index contributed by atoms with van der Waals surface area (Å²) in [5, 5.41) is 9.14. The molecule has 1 aromatic heterocycles. The summed E-state index contributed by atoms with van der Waals surface area (Å²) in [6, 6.07) is 19.3. The highest BCUT2D eigenvalue weighted by Crippen LogP contribution is 2.31. The molecule has 1 fully saturated rings. The van der Waals surface area contributed by atoms with Gasteiger partial charge in [0.1, 0.15) is 0 Å². The lowest BCUT2D eigenvalue weighted by Crippen LogP contribution is -2.13. The van der Waals surface area contributed by atoms with E-state index in [9.17, 15) is 14.4 Å². The van der Waals surface area contributed by atoms with E-state index in [0.29, 0.717) is 26.8 Å². The van der Waals surface area contributed by atoms with Gasteiger partial charge in [0.05, 0.1) is 9.88 Å². The van der Waals surface area contributed by atoms with E-state index in [1.165, 1.54) is 11.3 Å². The van der Waals surface area contributed by atoms with Crippen molar-refractivity contribution in [2.75, 3.05) is 16.0 Å². The van der Waals surface area contributed by atoms with Crippen LogP contribution in [0.15, 0.2) is 66.7 Å². The van der Waals surface area contributed by atoms with Crippen LogP contribution in [0.25, 0.3) is 0 Å². The maximum Gasteiger partial charge on any atom is 0.265 e. The molecule has 0 unspecified atom stereocenters. The molecule has 29 heavy (non-hydrogen) atoms. The zero-order valence-electron chi connectivity index (χ0n) is 15.5. The Hall–Kier alpha value is -3.45. The number of hydrogen-bond acceptors (Lipinski definition) is 4. The van der Waals surface area contributed by atoms with Gasteiger partial charge in [-0.15, -0.1) is 11.3 Å². The van der Waals surface area contributed by atoms with E-state index in [2.05, 4.69) is 16.0 Å². The summed E-state index contributed by atoms with van der Waals surface area (Å²) in [5.74, 6) is -0.360. The van der Waals surface area contributed by atoms with Crippen LogP contribution in [0.2, 0.25) is 0 Å². The molecule has 2 aromatic carbocycles. The van der Waals surface area contributed by atoms with E-state index < -0.39 is 0 Å². The molecule has 0 bridgehead atoms. The van der Waals surface area contributed by atoms with E-state index >= 15 is 0 Å². The molecule has 4 rings (SSSR count). The van der Waals surface area contributed by atoms with Gasteiger partial charge in [-0.3, -0.25) is 14.4 Å². The number of hydrogen-bond donors (Lipinski definition) is 3. The highest BCUT2D eigenvalue weighted by molar-refractivity contribution is 7.18. The summed E-state index contributed by atoms with van der Waals surface area (Å²) in [4.78, 5) is 37.1. The normalized spacial score (nSPS) is 12.8. The molecular formula is C22H19N3O3S. The fourth-order valence-corrected chi connectivity index (χ4v) is 3.56. The van der Waals surface area contributed by atoms with Gasteiger partial charge in [0.2, 0.25) is 5.91 Å². The van der Waals surface area contributed by atoms with Crippen molar-refractivity contribution in [3.63, 3.8) is 0 Å². The SMILES string of the molecule is O=C(Nc1cccc(NC(=O)c2ccc(NC(=O)C3CC3)s2)c1)c1ccccc1.